The highest BCUT2D eigenvalue weighted by Crippen LogP contribution is 2.25. The first kappa shape index (κ1) is 21.3. The molecule has 0 fully saturated rings. The van der Waals surface area contributed by atoms with E-state index in [0.29, 0.717) is 20.9 Å². The maximum absolute atomic E-state index is 13.2. The number of rotatable bonds is 5. The van der Waals surface area contributed by atoms with Crippen molar-refractivity contribution in [1.29, 1.82) is 0 Å². The standard InChI is InChI=1S/C21H15Cl2N3O4/c1-30-19-12-10-18(11-13-19)25(20(27)14-2-6-16(22)7-3-14)26(24-29)21(28)15-4-8-17(23)9-5-15/h2-13H,1H3. The number of amides is 2. The van der Waals surface area contributed by atoms with E-state index in [2.05, 4.69) is 5.29 Å². The van der Waals surface area contributed by atoms with E-state index in [-0.39, 0.29) is 16.8 Å². The van der Waals surface area contributed by atoms with Crippen LogP contribution in [0, 0.1) is 4.91 Å². The number of nitrogens with zero attached hydrogens (tertiary/aromatic N) is 3. The summed E-state index contributed by atoms with van der Waals surface area (Å²) in [4.78, 5) is 37.9. The molecule has 0 radical (unpaired) electrons. The number of hydrogen-bond acceptors (Lipinski definition) is 5. The largest absolute Gasteiger partial charge is 0.497 e. The van der Waals surface area contributed by atoms with Crippen LogP contribution in [-0.2, 0) is 0 Å². The van der Waals surface area contributed by atoms with Crippen LogP contribution in [0.2, 0.25) is 10.0 Å². The van der Waals surface area contributed by atoms with E-state index < -0.39 is 11.8 Å². The minimum Gasteiger partial charge on any atom is -0.497 e. The Balaban J connectivity index is 2.06. The zero-order valence-corrected chi connectivity index (χ0v) is 17.2. The molecule has 9 heteroatoms. The van der Waals surface area contributed by atoms with Gasteiger partial charge in [0.05, 0.1) is 18.1 Å². The van der Waals surface area contributed by atoms with Gasteiger partial charge in [0.2, 0.25) is 0 Å². The third kappa shape index (κ3) is 4.59. The summed E-state index contributed by atoms with van der Waals surface area (Å²) in [5.74, 6) is -0.925. The van der Waals surface area contributed by atoms with E-state index >= 15 is 0 Å². The van der Waals surface area contributed by atoms with Gasteiger partial charge in [-0.3, -0.25) is 9.59 Å². The Morgan fingerprint density at radius 1 is 0.767 bits per heavy atom. The lowest BCUT2D eigenvalue weighted by atomic mass is 10.2. The zero-order chi connectivity index (χ0) is 21.7. The highest BCUT2D eigenvalue weighted by Gasteiger charge is 2.31. The molecule has 0 aromatic heterocycles. The maximum atomic E-state index is 13.2. The third-order valence-corrected chi connectivity index (χ3v) is 4.64. The summed E-state index contributed by atoms with van der Waals surface area (Å²) in [5.41, 5.74) is 0.562. The highest BCUT2D eigenvalue weighted by atomic mass is 35.5. The van der Waals surface area contributed by atoms with Crippen LogP contribution in [-0.4, -0.2) is 24.0 Å². The minimum atomic E-state index is -0.806. The number of methoxy groups -OCH3 is 1. The molecular formula is C21H15Cl2N3O4. The number of hydrazine groups is 1. The molecular weight excluding hydrogens is 429 g/mol. The first-order valence-electron chi connectivity index (χ1n) is 8.62. The summed E-state index contributed by atoms with van der Waals surface area (Å²) in [5, 5.41) is 5.01. The highest BCUT2D eigenvalue weighted by molar-refractivity contribution is 6.31. The summed E-state index contributed by atoms with van der Waals surface area (Å²) in [6.45, 7) is 0. The lowest BCUT2D eigenvalue weighted by Crippen LogP contribution is -2.47. The lowest BCUT2D eigenvalue weighted by Gasteiger charge is -2.28. The van der Waals surface area contributed by atoms with Gasteiger partial charge in [0.1, 0.15) is 5.75 Å². The monoisotopic (exact) mass is 443 g/mol. The number of hydrogen-bond donors (Lipinski definition) is 0. The molecule has 0 saturated heterocycles. The summed E-state index contributed by atoms with van der Waals surface area (Å²) in [7, 11) is 1.50. The fourth-order valence-corrected chi connectivity index (χ4v) is 2.88. The van der Waals surface area contributed by atoms with E-state index in [1.165, 1.54) is 67.8 Å². The van der Waals surface area contributed by atoms with Crippen molar-refractivity contribution in [1.82, 2.24) is 5.12 Å². The molecule has 7 nitrogen and oxygen atoms in total. The van der Waals surface area contributed by atoms with E-state index in [9.17, 15) is 14.5 Å². The minimum absolute atomic E-state index is 0.126. The SMILES string of the molecule is COc1ccc(N(C(=O)c2ccc(Cl)cc2)N(N=O)C(=O)c2ccc(Cl)cc2)cc1. The predicted molar refractivity (Wildman–Crippen MR) is 115 cm³/mol. The van der Waals surface area contributed by atoms with Crippen molar-refractivity contribution in [3.8, 4) is 5.75 Å². The Hall–Kier alpha value is -3.42. The van der Waals surface area contributed by atoms with Gasteiger partial charge in [-0.1, -0.05) is 28.3 Å². The summed E-state index contributed by atoms with van der Waals surface area (Å²) >= 11 is 11.8. The van der Waals surface area contributed by atoms with Crippen LogP contribution >= 0.6 is 23.2 Å². The van der Waals surface area contributed by atoms with E-state index in [1.54, 1.807) is 12.1 Å². The van der Waals surface area contributed by atoms with Crippen molar-refractivity contribution in [2.45, 2.75) is 0 Å². The number of carbonyl (C=O) groups is 2. The number of benzene rings is 3. The van der Waals surface area contributed by atoms with E-state index in [0.717, 1.165) is 5.01 Å². The summed E-state index contributed by atoms with van der Waals surface area (Å²) < 4.78 is 5.13. The van der Waals surface area contributed by atoms with Gasteiger partial charge < -0.3 is 4.74 Å². The second kappa shape index (κ2) is 9.39. The second-order valence-corrected chi connectivity index (χ2v) is 6.88. The number of carbonyl (C=O) groups excluding carboxylic acids is 2. The summed E-state index contributed by atoms with van der Waals surface area (Å²) in [6.07, 6.45) is 0. The van der Waals surface area contributed by atoms with Gasteiger partial charge in [-0.05, 0) is 72.8 Å². The van der Waals surface area contributed by atoms with Gasteiger partial charge in [0, 0.05) is 21.2 Å². The average Bonchev–Trinajstić information content (AvgIpc) is 2.77. The molecule has 152 valence electrons. The van der Waals surface area contributed by atoms with Gasteiger partial charge in [0.15, 0.2) is 0 Å². The average molecular weight is 444 g/mol. The smallest absolute Gasteiger partial charge is 0.297 e. The molecule has 0 atom stereocenters. The molecule has 2 amide bonds. The van der Waals surface area contributed by atoms with Crippen LogP contribution in [0.25, 0.3) is 0 Å². The van der Waals surface area contributed by atoms with Crippen LogP contribution in [0.4, 0.5) is 5.69 Å². The molecule has 0 unspecified atom stereocenters. The van der Waals surface area contributed by atoms with E-state index in [1.807, 2.05) is 0 Å². The van der Waals surface area contributed by atoms with Crippen LogP contribution in [0.3, 0.4) is 0 Å². The molecule has 3 aromatic carbocycles. The molecule has 0 aliphatic rings. The molecule has 0 spiro atoms. The molecule has 0 saturated carbocycles. The Bertz CT molecular complexity index is 1060. The number of ether oxygens (including phenoxy) is 1. The van der Waals surface area contributed by atoms with E-state index in [4.69, 9.17) is 27.9 Å². The molecule has 3 aromatic rings. The lowest BCUT2D eigenvalue weighted by molar-refractivity contribution is 0.0677. The van der Waals surface area contributed by atoms with Crippen molar-refractivity contribution in [2.24, 2.45) is 5.29 Å². The maximum Gasteiger partial charge on any atom is 0.297 e. The van der Waals surface area contributed by atoms with Gasteiger partial charge in [-0.2, -0.15) is 5.01 Å². The Morgan fingerprint density at radius 3 is 1.67 bits per heavy atom. The Morgan fingerprint density at radius 2 is 1.23 bits per heavy atom. The fourth-order valence-electron chi connectivity index (χ4n) is 2.62. The van der Waals surface area contributed by atoms with Crippen molar-refractivity contribution < 1.29 is 14.3 Å². The van der Waals surface area contributed by atoms with Gasteiger partial charge in [-0.15, -0.1) is 4.91 Å². The van der Waals surface area contributed by atoms with Crippen molar-refractivity contribution in [3.63, 3.8) is 0 Å². The van der Waals surface area contributed by atoms with Crippen molar-refractivity contribution in [2.75, 3.05) is 12.1 Å². The van der Waals surface area contributed by atoms with Gasteiger partial charge in [-0.25, -0.2) is 0 Å². The number of halogens is 2. The topological polar surface area (TPSA) is 79.3 Å². The van der Waals surface area contributed by atoms with Crippen LogP contribution < -0.4 is 9.75 Å². The molecule has 0 bridgehead atoms. The molecule has 3 rings (SSSR count). The second-order valence-electron chi connectivity index (χ2n) is 6.01. The zero-order valence-electron chi connectivity index (χ0n) is 15.7. The molecule has 0 N–H and O–H groups in total. The molecule has 0 heterocycles. The molecule has 30 heavy (non-hydrogen) atoms. The predicted octanol–water partition coefficient (Wildman–Crippen LogP) is 5.39. The molecule has 0 aliphatic heterocycles. The van der Waals surface area contributed by atoms with Crippen molar-refractivity contribution in [3.05, 3.63) is 98.9 Å². The first-order chi connectivity index (χ1) is 14.4. The number of anilines is 1. The van der Waals surface area contributed by atoms with Crippen LogP contribution in [0.1, 0.15) is 20.7 Å². The quantitative estimate of drug-likeness (QED) is 0.391. The Labute approximate surface area is 182 Å². The first-order valence-corrected chi connectivity index (χ1v) is 9.37. The third-order valence-electron chi connectivity index (χ3n) is 4.14. The van der Waals surface area contributed by atoms with Gasteiger partial charge in [0.25, 0.3) is 11.8 Å². The van der Waals surface area contributed by atoms with Gasteiger partial charge >= 0.3 is 0 Å². The Kier molecular flexibility index (Phi) is 6.66. The summed E-state index contributed by atoms with van der Waals surface area (Å²) in [6, 6.07) is 18.1. The molecule has 0 aliphatic carbocycles. The van der Waals surface area contributed by atoms with Crippen molar-refractivity contribution >= 4 is 40.7 Å². The normalized spacial score (nSPS) is 10.2. The number of nitroso groups, excluding NO2 is 1. The van der Waals surface area contributed by atoms with Crippen LogP contribution in [0.15, 0.2) is 78.1 Å². The van der Waals surface area contributed by atoms with Crippen LogP contribution in [0.5, 0.6) is 5.75 Å². The fraction of sp³-hybridized carbons (Fsp3) is 0.0476.